The molecule has 152 valence electrons. The molecule has 11 heteroatoms. The van der Waals surface area contributed by atoms with Crippen LogP contribution in [-0.4, -0.2) is 67.5 Å². The SMILES string of the molecule is C=CCNC(=NCc1nnc(C)n1C)N1CCN(c2cnn(C)c2)C(=O)C1.I. The Hall–Kier alpha value is -2.44. The highest BCUT2D eigenvalue weighted by atomic mass is 127. The lowest BCUT2D eigenvalue weighted by atomic mass is 10.3. The van der Waals surface area contributed by atoms with Gasteiger partial charge in [0.2, 0.25) is 5.91 Å². The molecule has 10 nitrogen and oxygen atoms in total. The summed E-state index contributed by atoms with van der Waals surface area (Å²) in [4.78, 5) is 21.0. The van der Waals surface area contributed by atoms with Crippen LogP contribution >= 0.6 is 24.0 Å². The summed E-state index contributed by atoms with van der Waals surface area (Å²) in [6.07, 6.45) is 5.31. The third kappa shape index (κ3) is 4.88. The van der Waals surface area contributed by atoms with Gasteiger partial charge in [-0.1, -0.05) is 6.08 Å². The molecule has 1 fully saturated rings. The molecule has 1 aliphatic rings. The number of aromatic nitrogens is 5. The Morgan fingerprint density at radius 2 is 2.14 bits per heavy atom. The van der Waals surface area contributed by atoms with E-state index < -0.39 is 0 Å². The van der Waals surface area contributed by atoms with Gasteiger partial charge in [0.1, 0.15) is 18.9 Å². The number of hydrogen-bond acceptors (Lipinski definition) is 5. The number of aryl methyl sites for hydroxylation is 2. The predicted molar refractivity (Wildman–Crippen MR) is 118 cm³/mol. The van der Waals surface area contributed by atoms with Gasteiger partial charge in [-0.15, -0.1) is 40.8 Å². The molecule has 0 aromatic carbocycles. The molecule has 0 unspecified atom stereocenters. The molecule has 0 saturated carbocycles. The highest BCUT2D eigenvalue weighted by Gasteiger charge is 2.27. The zero-order valence-electron chi connectivity index (χ0n) is 16.4. The van der Waals surface area contributed by atoms with Crippen LogP contribution in [0.3, 0.4) is 0 Å². The van der Waals surface area contributed by atoms with E-state index in [4.69, 9.17) is 0 Å². The first-order chi connectivity index (χ1) is 13.0. The van der Waals surface area contributed by atoms with E-state index in [2.05, 4.69) is 32.2 Å². The summed E-state index contributed by atoms with van der Waals surface area (Å²) >= 11 is 0. The van der Waals surface area contributed by atoms with Crippen molar-refractivity contribution in [2.45, 2.75) is 13.5 Å². The molecule has 28 heavy (non-hydrogen) atoms. The van der Waals surface area contributed by atoms with Crippen molar-refractivity contribution in [3.63, 3.8) is 0 Å². The molecule has 3 heterocycles. The fraction of sp³-hybridized carbons (Fsp3) is 0.471. The van der Waals surface area contributed by atoms with Gasteiger partial charge in [0, 0.05) is 39.9 Å². The normalized spacial score (nSPS) is 14.8. The third-order valence-corrected chi connectivity index (χ3v) is 4.48. The van der Waals surface area contributed by atoms with E-state index in [1.165, 1.54) is 0 Å². The molecule has 2 aromatic rings. The number of rotatable bonds is 5. The highest BCUT2D eigenvalue weighted by Crippen LogP contribution is 2.16. The van der Waals surface area contributed by atoms with Crippen LogP contribution in [0.1, 0.15) is 11.6 Å². The predicted octanol–water partition coefficient (Wildman–Crippen LogP) is 0.455. The molecule has 0 aliphatic carbocycles. The molecule has 0 bridgehead atoms. The zero-order valence-corrected chi connectivity index (χ0v) is 18.7. The van der Waals surface area contributed by atoms with Crippen LogP contribution in [0, 0.1) is 6.92 Å². The average molecular weight is 499 g/mol. The van der Waals surface area contributed by atoms with E-state index in [9.17, 15) is 4.79 Å². The molecule has 3 rings (SSSR count). The maximum Gasteiger partial charge on any atom is 0.246 e. The molecule has 1 amide bonds. The zero-order chi connectivity index (χ0) is 19.4. The van der Waals surface area contributed by atoms with Crippen molar-refractivity contribution in [3.05, 3.63) is 36.7 Å². The Bertz CT molecular complexity index is 857. The van der Waals surface area contributed by atoms with Crippen molar-refractivity contribution in [2.24, 2.45) is 19.1 Å². The van der Waals surface area contributed by atoms with E-state index in [-0.39, 0.29) is 36.4 Å². The standard InChI is InChI=1S/C17H25N9O.HI/c1-5-6-18-17(19-10-15-22-21-13(2)24(15)4)25-7-8-26(16(27)12-25)14-9-20-23(3)11-14;/h5,9,11H,1,6-8,10,12H2,2-4H3,(H,18,19);1H. The summed E-state index contributed by atoms with van der Waals surface area (Å²) in [6, 6.07) is 0. The van der Waals surface area contributed by atoms with Gasteiger partial charge in [-0.05, 0) is 6.92 Å². The van der Waals surface area contributed by atoms with Gasteiger partial charge in [-0.2, -0.15) is 5.10 Å². The summed E-state index contributed by atoms with van der Waals surface area (Å²) in [5.74, 6) is 2.28. The van der Waals surface area contributed by atoms with Gasteiger partial charge in [0.15, 0.2) is 11.8 Å². The summed E-state index contributed by atoms with van der Waals surface area (Å²) in [7, 11) is 3.75. The molecular weight excluding hydrogens is 473 g/mol. The number of aliphatic imine (C=N–C) groups is 1. The number of amides is 1. The fourth-order valence-electron chi connectivity index (χ4n) is 2.84. The number of piperazine rings is 1. The minimum absolute atomic E-state index is 0. The first-order valence-corrected chi connectivity index (χ1v) is 8.77. The summed E-state index contributed by atoms with van der Waals surface area (Å²) < 4.78 is 3.59. The third-order valence-electron chi connectivity index (χ3n) is 4.48. The van der Waals surface area contributed by atoms with Crippen molar-refractivity contribution in [2.75, 3.05) is 31.1 Å². The van der Waals surface area contributed by atoms with Crippen LogP contribution in [-0.2, 0) is 25.4 Å². The van der Waals surface area contributed by atoms with E-state index in [1.807, 2.05) is 36.7 Å². The van der Waals surface area contributed by atoms with Gasteiger partial charge >= 0.3 is 0 Å². The fourth-order valence-corrected chi connectivity index (χ4v) is 2.84. The second-order valence-corrected chi connectivity index (χ2v) is 6.37. The molecule has 0 atom stereocenters. The van der Waals surface area contributed by atoms with Crippen molar-refractivity contribution >= 4 is 41.5 Å². The lowest BCUT2D eigenvalue weighted by molar-refractivity contribution is -0.120. The molecular formula is C17H26IN9O. The number of carbonyl (C=O) groups is 1. The van der Waals surface area contributed by atoms with Crippen LogP contribution in [0.4, 0.5) is 5.69 Å². The summed E-state index contributed by atoms with van der Waals surface area (Å²) in [5, 5.41) is 15.6. The maximum absolute atomic E-state index is 12.6. The average Bonchev–Trinajstić information content (AvgIpc) is 3.22. The summed E-state index contributed by atoms with van der Waals surface area (Å²) in [6.45, 7) is 8.06. The van der Waals surface area contributed by atoms with E-state index in [0.717, 1.165) is 17.3 Å². The summed E-state index contributed by atoms with van der Waals surface area (Å²) in [5.41, 5.74) is 0.814. The Morgan fingerprint density at radius 3 is 2.71 bits per heavy atom. The van der Waals surface area contributed by atoms with Crippen molar-refractivity contribution in [1.29, 1.82) is 0 Å². The molecule has 1 aliphatic heterocycles. The number of nitrogens with zero attached hydrogens (tertiary/aromatic N) is 8. The van der Waals surface area contributed by atoms with E-state index >= 15 is 0 Å². The van der Waals surface area contributed by atoms with Gasteiger partial charge in [0.25, 0.3) is 0 Å². The van der Waals surface area contributed by atoms with Crippen molar-refractivity contribution < 1.29 is 4.79 Å². The second-order valence-electron chi connectivity index (χ2n) is 6.37. The van der Waals surface area contributed by atoms with Crippen LogP contribution < -0.4 is 10.2 Å². The molecule has 1 saturated heterocycles. The maximum atomic E-state index is 12.6. The number of hydrogen-bond donors (Lipinski definition) is 1. The minimum Gasteiger partial charge on any atom is -0.353 e. The van der Waals surface area contributed by atoms with Gasteiger partial charge in [-0.3, -0.25) is 9.48 Å². The van der Waals surface area contributed by atoms with E-state index in [1.54, 1.807) is 21.9 Å². The van der Waals surface area contributed by atoms with Crippen LogP contribution in [0.2, 0.25) is 0 Å². The largest absolute Gasteiger partial charge is 0.353 e. The molecule has 1 N–H and O–H groups in total. The van der Waals surface area contributed by atoms with Gasteiger partial charge < -0.3 is 19.7 Å². The number of guanidine groups is 1. The van der Waals surface area contributed by atoms with Crippen LogP contribution in [0.25, 0.3) is 0 Å². The lowest BCUT2D eigenvalue weighted by Gasteiger charge is -2.35. The van der Waals surface area contributed by atoms with E-state index in [0.29, 0.717) is 32.1 Å². The molecule has 0 radical (unpaired) electrons. The Morgan fingerprint density at radius 1 is 1.36 bits per heavy atom. The Labute approximate surface area is 181 Å². The van der Waals surface area contributed by atoms with Crippen LogP contribution in [0.15, 0.2) is 30.0 Å². The highest BCUT2D eigenvalue weighted by molar-refractivity contribution is 14.0. The minimum atomic E-state index is 0. The van der Waals surface area contributed by atoms with Crippen molar-refractivity contribution in [3.8, 4) is 0 Å². The molecule has 2 aromatic heterocycles. The number of nitrogens with one attached hydrogen (secondary N) is 1. The first-order valence-electron chi connectivity index (χ1n) is 8.77. The topological polar surface area (TPSA) is 96.5 Å². The smallest absolute Gasteiger partial charge is 0.246 e. The monoisotopic (exact) mass is 499 g/mol. The van der Waals surface area contributed by atoms with Gasteiger partial charge in [-0.25, -0.2) is 4.99 Å². The Balaban J connectivity index is 0.00000280. The van der Waals surface area contributed by atoms with Crippen molar-refractivity contribution in [1.82, 2.24) is 34.8 Å². The quantitative estimate of drug-likeness (QED) is 0.278. The number of anilines is 1. The first kappa shape index (κ1) is 21.9. The Kier molecular flexibility index (Phi) is 7.54. The van der Waals surface area contributed by atoms with Crippen LogP contribution in [0.5, 0.6) is 0 Å². The number of carbonyl (C=O) groups excluding carboxylic acids is 1. The molecule has 0 spiro atoms. The van der Waals surface area contributed by atoms with Gasteiger partial charge in [0.05, 0.1) is 11.9 Å². The second kappa shape index (κ2) is 9.66. The lowest BCUT2D eigenvalue weighted by Crippen LogP contribution is -2.55. The number of halogens is 1.